The third-order valence-corrected chi connectivity index (χ3v) is 4.72. The number of nitrogens with zero attached hydrogens (tertiary/aromatic N) is 1. The molecule has 2 aliphatic rings. The van der Waals surface area contributed by atoms with Gasteiger partial charge in [0.2, 0.25) is 0 Å². The maximum absolute atomic E-state index is 12.5. The fourth-order valence-electron chi connectivity index (χ4n) is 3.47. The van der Waals surface area contributed by atoms with Crippen molar-refractivity contribution in [3.8, 4) is 0 Å². The van der Waals surface area contributed by atoms with Crippen LogP contribution in [0.3, 0.4) is 0 Å². The van der Waals surface area contributed by atoms with Crippen LogP contribution in [0.25, 0.3) is 0 Å². The quantitative estimate of drug-likeness (QED) is 0.802. The number of amides is 1. The zero-order valence-electron chi connectivity index (χ0n) is 13.1. The SMILES string of the molecule is CCC(C(=O)OC1CCCCC1)N1Cc2ccccc2C1=O. The lowest BCUT2D eigenvalue weighted by Gasteiger charge is -2.28. The monoisotopic (exact) mass is 301 g/mol. The van der Waals surface area contributed by atoms with E-state index >= 15 is 0 Å². The van der Waals surface area contributed by atoms with Gasteiger partial charge in [-0.05, 0) is 43.7 Å². The van der Waals surface area contributed by atoms with Crippen molar-refractivity contribution in [1.82, 2.24) is 4.90 Å². The van der Waals surface area contributed by atoms with Crippen LogP contribution in [0.4, 0.5) is 0 Å². The molecule has 1 fully saturated rings. The Kier molecular flexibility index (Phi) is 4.46. The molecule has 0 saturated heterocycles. The van der Waals surface area contributed by atoms with Gasteiger partial charge < -0.3 is 9.64 Å². The van der Waals surface area contributed by atoms with Crippen molar-refractivity contribution in [3.63, 3.8) is 0 Å². The van der Waals surface area contributed by atoms with Gasteiger partial charge in [-0.15, -0.1) is 0 Å². The Bertz CT molecular complexity index is 563. The van der Waals surface area contributed by atoms with E-state index in [1.54, 1.807) is 4.90 Å². The highest BCUT2D eigenvalue weighted by molar-refractivity contribution is 6.00. The molecule has 1 heterocycles. The highest BCUT2D eigenvalue weighted by Gasteiger charge is 2.36. The molecule has 0 N–H and O–H groups in total. The molecule has 1 aliphatic carbocycles. The molecular weight excluding hydrogens is 278 g/mol. The summed E-state index contributed by atoms with van der Waals surface area (Å²) in [6.07, 6.45) is 6.02. The van der Waals surface area contributed by atoms with Crippen LogP contribution in [0.5, 0.6) is 0 Å². The van der Waals surface area contributed by atoms with Crippen molar-refractivity contribution in [1.29, 1.82) is 0 Å². The zero-order chi connectivity index (χ0) is 15.5. The second-order valence-corrected chi connectivity index (χ2v) is 6.21. The number of hydrogen-bond acceptors (Lipinski definition) is 3. The van der Waals surface area contributed by atoms with Crippen molar-refractivity contribution < 1.29 is 14.3 Å². The van der Waals surface area contributed by atoms with Crippen molar-refractivity contribution in [2.24, 2.45) is 0 Å². The second kappa shape index (κ2) is 6.51. The van der Waals surface area contributed by atoms with Crippen LogP contribution in [0.2, 0.25) is 0 Å². The standard InChI is InChI=1S/C18H23NO3/c1-2-16(18(21)22-14-9-4-3-5-10-14)19-12-13-8-6-7-11-15(13)17(19)20/h6-8,11,14,16H,2-5,9-10,12H2,1H3. The fraction of sp³-hybridized carbons (Fsp3) is 0.556. The minimum atomic E-state index is -0.471. The van der Waals surface area contributed by atoms with E-state index in [-0.39, 0.29) is 18.0 Å². The summed E-state index contributed by atoms with van der Waals surface area (Å²) in [6.45, 7) is 2.44. The van der Waals surface area contributed by atoms with Gasteiger partial charge in [-0.25, -0.2) is 4.79 Å². The van der Waals surface area contributed by atoms with E-state index in [2.05, 4.69) is 0 Å². The van der Waals surface area contributed by atoms with Crippen molar-refractivity contribution in [2.45, 2.75) is 64.1 Å². The molecule has 4 nitrogen and oxygen atoms in total. The van der Waals surface area contributed by atoms with E-state index < -0.39 is 6.04 Å². The summed E-state index contributed by atoms with van der Waals surface area (Å²) in [6, 6.07) is 7.10. The largest absolute Gasteiger partial charge is 0.461 e. The average Bonchev–Trinajstić information content (AvgIpc) is 2.87. The highest BCUT2D eigenvalue weighted by Crippen LogP contribution is 2.27. The molecule has 1 aromatic rings. The fourth-order valence-corrected chi connectivity index (χ4v) is 3.47. The average molecular weight is 301 g/mol. The molecule has 3 rings (SSSR count). The van der Waals surface area contributed by atoms with E-state index in [1.165, 1.54) is 6.42 Å². The van der Waals surface area contributed by atoms with Crippen molar-refractivity contribution >= 4 is 11.9 Å². The van der Waals surface area contributed by atoms with Gasteiger partial charge in [0.15, 0.2) is 0 Å². The molecule has 1 unspecified atom stereocenters. The summed E-state index contributed by atoms with van der Waals surface area (Å²) < 4.78 is 5.67. The highest BCUT2D eigenvalue weighted by atomic mass is 16.5. The van der Waals surface area contributed by atoms with Crippen molar-refractivity contribution in [2.75, 3.05) is 0 Å². The minimum Gasteiger partial charge on any atom is -0.461 e. The van der Waals surface area contributed by atoms with Crippen LogP contribution < -0.4 is 0 Å². The lowest BCUT2D eigenvalue weighted by atomic mass is 9.98. The van der Waals surface area contributed by atoms with E-state index in [0.717, 1.165) is 31.2 Å². The number of fused-ring (bicyclic) bond motifs is 1. The molecule has 1 amide bonds. The maximum atomic E-state index is 12.5. The molecule has 0 aromatic heterocycles. The molecular formula is C18H23NO3. The molecule has 1 atom stereocenters. The Morgan fingerprint density at radius 3 is 2.68 bits per heavy atom. The second-order valence-electron chi connectivity index (χ2n) is 6.21. The molecule has 1 saturated carbocycles. The Hall–Kier alpha value is -1.84. The summed E-state index contributed by atoms with van der Waals surface area (Å²) in [5.41, 5.74) is 1.71. The van der Waals surface area contributed by atoms with Gasteiger partial charge in [-0.2, -0.15) is 0 Å². The van der Waals surface area contributed by atoms with Gasteiger partial charge in [-0.1, -0.05) is 31.5 Å². The number of esters is 1. The normalized spacial score (nSPS) is 19.9. The Morgan fingerprint density at radius 2 is 2.00 bits per heavy atom. The van der Waals surface area contributed by atoms with Gasteiger partial charge in [0.05, 0.1) is 0 Å². The number of benzene rings is 1. The maximum Gasteiger partial charge on any atom is 0.329 e. The van der Waals surface area contributed by atoms with Gasteiger partial charge in [0, 0.05) is 12.1 Å². The predicted molar refractivity (Wildman–Crippen MR) is 83.4 cm³/mol. The third kappa shape index (κ3) is 2.87. The lowest BCUT2D eigenvalue weighted by Crippen LogP contribution is -2.43. The molecule has 0 spiro atoms. The number of carbonyl (C=O) groups excluding carboxylic acids is 2. The summed E-state index contributed by atoms with van der Waals surface area (Å²) in [7, 11) is 0. The van der Waals surface area contributed by atoms with Crippen molar-refractivity contribution in [3.05, 3.63) is 35.4 Å². The molecule has 4 heteroatoms. The first-order valence-corrected chi connectivity index (χ1v) is 8.30. The summed E-state index contributed by atoms with van der Waals surface area (Å²) in [4.78, 5) is 26.7. The number of hydrogen-bond donors (Lipinski definition) is 0. The summed E-state index contributed by atoms with van der Waals surface area (Å²) in [5, 5.41) is 0. The van der Waals surface area contributed by atoms with Crippen LogP contribution in [0, 0.1) is 0 Å². The first-order valence-electron chi connectivity index (χ1n) is 8.30. The zero-order valence-corrected chi connectivity index (χ0v) is 13.1. The van der Waals surface area contributed by atoms with Gasteiger partial charge in [0.1, 0.15) is 12.1 Å². The topological polar surface area (TPSA) is 46.6 Å². The van der Waals surface area contributed by atoms with Crippen LogP contribution in [0.1, 0.15) is 61.4 Å². The minimum absolute atomic E-state index is 0.0374. The summed E-state index contributed by atoms with van der Waals surface area (Å²) >= 11 is 0. The molecule has 1 aromatic carbocycles. The van der Waals surface area contributed by atoms with E-state index in [4.69, 9.17) is 4.74 Å². The van der Waals surface area contributed by atoms with Gasteiger partial charge >= 0.3 is 5.97 Å². The van der Waals surface area contributed by atoms with E-state index in [0.29, 0.717) is 18.5 Å². The molecule has 1 aliphatic heterocycles. The van der Waals surface area contributed by atoms with Crippen LogP contribution >= 0.6 is 0 Å². The Labute approximate surface area is 131 Å². The van der Waals surface area contributed by atoms with Gasteiger partial charge in [0.25, 0.3) is 5.91 Å². The van der Waals surface area contributed by atoms with Crippen LogP contribution in [-0.2, 0) is 16.1 Å². The first kappa shape index (κ1) is 15.1. The smallest absolute Gasteiger partial charge is 0.329 e. The predicted octanol–water partition coefficient (Wildman–Crippen LogP) is 3.30. The molecule has 22 heavy (non-hydrogen) atoms. The lowest BCUT2D eigenvalue weighted by molar-refractivity contribution is -0.156. The van der Waals surface area contributed by atoms with Gasteiger partial charge in [-0.3, -0.25) is 4.79 Å². The number of rotatable bonds is 4. The van der Waals surface area contributed by atoms with E-state index in [1.807, 2.05) is 31.2 Å². The summed E-state index contributed by atoms with van der Waals surface area (Å²) in [5.74, 6) is -0.293. The first-order chi connectivity index (χ1) is 10.7. The number of ether oxygens (including phenoxy) is 1. The third-order valence-electron chi connectivity index (χ3n) is 4.72. The Balaban J connectivity index is 1.69. The molecule has 118 valence electrons. The molecule has 0 bridgehead atoms. The molecule has 0 radical (unpaired) electrons. The Morgan fingerprint density at radius 1 is 1.27 bits per heavy atom. The van der Waals surface area contributed by atoms with Crippen LogP contribution in [0.15, 0.2) is 24.3 Å². The van der Waals surface area contributed by atoms with E-state index in [9.17, 15) is 9.59 Å². The van der Waals surface area contributed by atoms with Crippen LogP contribution in [-0.4, -0.2) is 28.9 Å². The number of carbonyl (C=O) groups is 2.